The smallest absolute Gasteiger partial charge is 0.254 e. The summed E-state index contributed by atoms with van der Waals surface area (Å²) in [6.45, 7) is 1.92. The maximum Gasteiger partial charge on any atom is 0.254 e. The minimum Gasteiger partial charge on any atom is -0.363 e. The number of carbonyl (C=O) groups is 2. The van der Waals surface area contributed by atoms with Crippen molar-refractivity contribution in [3.05, 3.63) is 47.7 Å². The number of rotatable bonds is 5. The van der Waals surface area contributed by atoms with Crippen LogP contribution < -0.4 is 5.32 Å². The number of nitrogens with zero attached hydrogens (tertiary/aromatic N) is 2. The SMILES string of the molecule is Cc1ccccc1C(=O)N(CC(=O)Nc1ccon1)C1CC1. The number of hydrogen-bond acceptors (Lipinski definition) is 4. The number of anilines is 1. The molecule has 6 nitrogen and oxygen atoms in total. The van der Waals surface area contributed by atoms with Gasteiger partial charge in [0.25, 0.3) is 5.91 Å². The summed E-state index contributed by atoms with van der Waals surface area (Å²) in [5.74, 6) is -0.0253. The normalized spacial score (nSPS) is 13.7. The molecular formula is C16H17N3O3. The maximum absolute atomic E-state index is 12.7. The minimum absolute atomic E-state index is 0.0185. The van der Waals surface area contributed by atoms with E-state index in [0.717, 1.165) is 18.4 Å². The van der Waals surface area contributed by atoms with Gasteiger partial charge >= 0.3 is 0 Å². The molecule has 1 aliphatic carbocycles. The van der Waals surface area contributed by atoms with Gasteiger partial charge in [-0.25, -0.2) is 0 Å². The highest BCUT2D eigenvalue weighted by molar-refractivity contribution is 6.00. The van der Waals surface area contributed by atoms with E-state index in [4.69, 9.17) is 0 Å². The van der Waals surface area contributed by atoms with Crippen LogP contribution in [0.4, 0.5) is 5.82 Å². The van der Waals surface area contributed by atoms with Crippen LogP contribution in [0.2, 0.25) is 0 Å². The third-order valence-corrected chi connectivity index (χ3v) is 3.64. The highest BCUT2D eigenvalue weighted by atomic mass is 16.5. The van der Waals surface area contributed by atoms with Gasteiger partial charge in [-0.3, -0.25) is 9.59 Å². The van der Waals surface area contributed by atoms with Gasteiger partial charge in [0.2, 0.25) is 5.91 Å². The summed E-state index contributed by atoms with van der Waals surface area (Å²) >= 11 is 0. The monoisotopic (exact) mass is 299 g/mol. The molecule has 1 heterocycles. The zero-order chi connectivity index (χ0) is 15.5. The second kappa shape index (κ2) is 6.01. The Bertz CT molecular complexity index is 678. The first-order valence-corrected chi connectivity index (χ1v) is 7.22. The summed E-state index contributed by atoms with van der Waals surface area (Å²) in [4.78, 5) is 26.4. The van der Waals surface area contributed by atoms with Crippen LogP contribution in [0.5, 0.6) is 0 Å². The van der Waals surface area contributed by atoms with Gasteiger partial charge in [0.15, 0.2) is 5.82 Å². The molecule has 1 aliphatic rings. The number of hydrogen-bond donors (Lipinski definition) is 1. The predicted octanol–water partition coefficient (Wildman–Crippen LogP) is 2.23. The third-order valence-electron chi connectivity index (χ3n) is 3.64. The fourth-order valence-electron chi connectivity index (χ4n) is 2.33. The Morgan fingerprint density at radius 2 is 2.09 bits per heavy atom. The molecule has 3 rings (SSSR count). The van der Waals surface area contributed by atoms with E-state index >= 15 is 0 Å². The van der Waals surface area contributed by atoms with Gasteiger partial charge < -0.3 is 14.7 Å². The molecule has 114 valence electrons. The quantitative estimate of drug-likeness (QED) is 0.918. The van der Waals surface area contributed by atoms with Crippen LogP contribution in [0.15, 0.2) is 41.1 Å². The Hall–Kier alpha value is -2.63. The fourth-order valence-corrected chi connectivity index (χ4v) is 2.33. The molecule has 0 spiro atoms. The van der Waals surface area contributed by atoms with Gasteiger partial charge in [-0.05, 0) is 31.4 Å². The van der Waals surface area contributed by atoms with Gasteiger partial charge in [-0.2, -0.15) is 0 Å². The van der Waals surface area contributed by atoms with E-state index in [9.17, 15) is 9.59 Å². The van der Waals surface area contributed by atoms with Gasteiger partial charge in [-0.1, -0.05) is 23.4 Å². The first-order valence-electron chi connectivity index (χ1n) is 7.22. The van der Waals surface area contributed by atoms with Gasteiger partial charge in [0, 0.05) is 17.7 Å². The zero-order valence-electron chi connectivity index (χ0n) is 12.3. The Morgan fingerprint density at radius 1 is 1.32 bits per heavy atom. The highest BCUT2D eigenvalue weighted by Gasteiger charge is 2.34. The molecule has 1 N–H and O–H groups in total. The topological polar surface area (TPSA) is 75.4 Å². The van der Waals surface area contributed by atoms with Crippen LogP contribution in [-0.4, -0.2) is 34.5 Å². The van der Waals surface area contributed by atoms with Crippen molar-refractivity contribution >= 4 is 17.6 Å². The van der Waals surface area contributed by atoms with Crippen LogP contribution in [0.25, 0.3) is 0 Å². The predicted molar refractivity (Wildman–Crippen MR) is 80.4 cm³/mol. The molecule has 0 bridgehead atoms. The summed E-state index contributed by atoms with van der Waals surface area (Å²) in [7, 11) is 0. The lowest BCUT2D eigenvalue weighted by molar-refractivity contribution is -0.117. The summed E-state index contributed by atoms with van der Waals surface area (Å²) in [5.41, 5.74) is 1.55. The molecule has 0 atom stereocenters. The van der Waals surface area contributed by atoms with Crippen LogP contribution in [0, 0.1) is 6.92 Å². The van der Waals surface area contributed by atoms with Crippen molar-refractivity contribution < 1.29 is 14.1 Å². The van der Waals surface area contributed by atoms with Crippen molar-refractivity contribution in [3.8, 4) is 0 Å². The summed E-state index contributed by atoms with van der Waals surface area (Å²) < 4.78 is 4.67. The average molecular weight is 299 g/mol. The number of carbonyl (C=O) groups excluding carboxylic acids is 2. The third kappa shape index (κ3) is 3.16. The van der Waals surface area contributed by atoms with Crippen molar-refractivity contribution in [1.82, 2.24) is 10.1 Å². The highest BCUT2D eigenvalue weighted by Crippen LogP contribution is 2.28. The molecule has 1 saturated carbocycles. The number of benzene rings is 1. The molecule has 0 radical (unpaired) electrons. The number of nitrogens with one attached hydrogen (secondary N) is 1. The number of aromatic nitrogens is 1. The molecule has 2 amide bonds. The standard InChI is InChI=1S/C16H17N3O3/c1-11-4-2-3-5-13(11)16(21)19(12-6-7-12)10-15(20)17-14-8-9-22-18-14/h2-5,8-9,12H,6-7,10H2,1H3,(H,17,18,20). The van der Waals surface area contributed by atoms with E-state index in [1.165, 1.54) is 6.26 Å². The van der Waals surface area contributed by atoms with E-state index in [1.807, 2.05) is 25.1 Å². The van der Waals surface area contributed by atoms with Crippen LogP contribution in [0.1, 0.15) is 28.8 Å². The van der Waals surface area contributed by atoms with Crippen molar-refractivity contribution in [3.63, 3.8) is 0 Å². The Kier molecular flexibility index (Phi) is 3.91. The largest absolute Gasteiger partial charge is 0.363 e. The van der Waals surface area contributed by atoms with Crippen molar-refractivity contribution in [1.29, 1.82) is 0 Å². The lowest BCUT2D eigenvalue weighted by Crippen LogP contribution is -2.39. The maximum atomic E-state index is 12.7. The lowest BCUT2D eigenvalue weighted by atomic mass is 10.1. The minimum atomic E-state index is -0.275. The second-order valence-corrected chi connectivity index (χ2v) is 5.41. The van der Waals surface area contributed by atoms with E-state index in [0.29, 0.717) is 11.4 Å². The molecule has 1 aromatic heterocycles. The molecule has 0 unspecified atom stereocenters. The van der Waals surface area contributed by atoms with Crippen molar-refractivity contribution in [2.24, 2.45) is 0 Å². The Labute approximate surface area is 128 Å². The first kappa shape index (κ1) is 14.3. The van der Waals surface area contributed by atoms with E-state index in [-0.39, 0.29) is 24.4 Å². The molecule has 6 heteroatoms. The first-order chi connectivity index (χ1) is 10.6. The van der Waals surface area contributed by atoms with E-state index < -0.39 is 0 Å². The van der Waals surface area contributed by atoms with Gasteiger partial charge in [0.05, 0.1) is 0 Å². The van der Waals surface area contributed by atoms with Crippen LogP contribution in [0.3, 0.4) is 0 Å². The number of aryl methyl sites for hydroxylation is 1. The van der Waals surface area contributed by atoms with E-state index in [1.54, 1.807) is 17.0 Å². The number of amides is 2. The molecular weight excluding hydrogens is 282 g/mol. The van der Waals surface area contributed by atoms with Crippen molar-refractivity contribution in [2.45, 2.75) is 25.8 Å². The van der Waals surface area contributed by atoms with E-state index in [2.05, 4.69) is 15.0 Å². The van der Waals surface area contributed by atoms with Crippen molar-refractivity contribution in [2.75, 3.05) is 11.9 Å². The lowest BCUT2D eigenvalue weighted by Gasteiger charge is -2.22. The molecule has 22 heavy (non-hydrogen) atoms. The Balaban J connectivity index is 1.72. The average Bonchev–Trinajstić information content (AvgIpc) is 3.22. The second-order valence-electron chi connectivity index (χ2n) is 5.41. The fraction of sp³-hybridized carbons (Fsp3) is 0.312. The zero-order valence-corrected chi connectivity index (χ0v) is 12.3. The molecule has 2 aromatic rings. The van der Waals surface area contributed by atoms with Crippen LogP contribution in [-0.2, 0) is 4.79 Å². The molecule has 0 saturated heterocycles. The van der Waals surface area contributed by atoms with Gasteiger partial charge in [0.1, 0.15) is 12.8 Å². The van der Waals surface area contributed by atoms with Gasteiger partial charge in [-0.15, -0.1) is 0 Å². The summed E-state index contributed by atoms with van der Waals surface area (Å²) in [6.07, 6.45) is 3.26. The molecule has 0 aliphatic heterocycles. The van der Waals surface area contributed by atoms with Crippen LogP contribution >= 0.6 is 0 Å². The summed E-state index contributed by atoms with van der Waals surface area (Å²) in [6, 6.07) is 9.13. The Morgan fingerprint density at radius 3 is 2.73 bits per heavy atom. The summed E-state index contributed by atoms with van der Waals surface area (Å²) in [5, 5.41) is 6.25. The molecule has 1 aromatic carbocycles. The molecule has 1 fully saturated rings.